The van der Waals surface area contributed by atoms with Crippen LogP contribution in [-0.4, -0.2) is 23.0 Å². The molecule has 0 aliphatic heterocycles. The normalized spacial score (nSPS) is 33.9. The zero-order chi connectivity index (χ0) is 22.3. The highest BCUT2D eigenvalue weighted by Gasteiger charge is 2.38. The Morgan fingerprint density at radius 1 is 0.688 bits per heavy atom. The summed E-state index contributed by atoms with van der Waals surface area (Å²) in [6, 6.07) is 4.85. The number of hydrogen-bond donors (Lipinski definition) is 0. The van der Waals surface area contributed by atoms with Gasteiger partial charge in [0.15, 0.2) is 5.70 Å². The highest BCUT2D eigenvalue weighted by Crippen LogP contribution is 2.42. The van der Waals surface area contributed by atoms with Gasteiger partial charge in [0.25, 0.3) is 0 Å². The van der Waals surface area contributed by atoms with Gasteiger partial charge in [-0.05, 0) is 82.0 Å². The molecule has 4 aliphatic rings. The van der Waals surface area contributed by atoms with Crippen LogP contribution in [0.2, 0.25) is 0 Å². The van der Waals surface area contributed by atoms with Crippen molar-refractivity contribution in [3.8, 4) is 6.07 Å². The molecule has 4 aliphatic carbocycles. The lowest BCUT2D eigenvalue weighted by molar-refractivity contribution is 0.0126. The Bertz CT molecular complexity index is 698. The van der Waals surface area contributed by atoms with Gasteiger partial charge in [-0.15, -0.1) is 0 Å². The van der Waals surface area contributed by atoms with Crippen LogP contribution in [0.4, 0.5) is 0 Å². The van der Waals surface area contributed by atoms with E-state index in [1.165, 1.54) is 89.9 Å². The van der Waals surface area contributed by atoms with Gasteiger partial charge in [0, 0.05) is 23.7 Å². The fourth-order valence-corrected chi connectivity index (χ4v) is 7.58. The van der Waals surface area contributed by atoms with Crippen molar-refractivity contribution in [1.29, 1.82) is 5.26 Å². The number of hydrogen-bond acceptors (Lipinski definition) is 2. The van der Waals surface area contributed by atoms with E-state index in [0.29, 0.717) is 17.9 Å². The van der Waals surface area contributed by atoms with Crippen LogP contribution in [0.5, 0.6) is 0 Å². The smallest absolute Gasteiger partial charge is 0.182 e. The second kappa shape index (κ2) is 11.7. The van der Waals surface area contributed by atoms with E-state index < -0.39 is 0 Å². The average molecular weight is 436 g/mol. The summed E-state index contributed by atoms with van der Waals surface area (Å²) in [5.74, 6) is 1.60. The minimum absolute atomic E-state index is 0.335. The Morgan fingerprint density at radius 3 is 1.72 bits per heavy atom. The molecule has 0 aromatic heterocycles. The number of rotatable bonds is 5. The van der Waals surface area contributed by atoms with E-state index in [0.717, 1.165) is 55.0 Å². The summed E-state index contributed by atoms with van der Waals surface area (Å²) in [4.78, 5) is 6.98. The Morgan fingerprint density at radius 2 is 1.19 bits per heavy atom. The van der Waals surface area contributed by atoms with E-state index in [4.69, 9.17) is 6.57 Å². The minimum Gasteiger partial charge on any atom is -0.294 e. The molecule has 4 fully saturated rings. The molecule has 0 aromatic rings. The summed E-state index contributed by atoms with van der Waals surface area (Å²) >= 11 is 0. The molecule has 0 amide bonds. The lowest BCUT2D eigenvalue weighted by atomic mass is 9.76. The van der Waals surface area contributed by atoms with Gasteiger partial charge in [0.05, 0.1) is 12.6 Å². The van der Waals surface area contributed by atoms with Crippen LogP contribution in [0.15, 0.2) is 11.3 Å². The van der Waals surface area contributed by atoms with Crippen LogP contribution in [0.1, 0.15) is 122 Å². The van der Waals surface area contributed by atoms with Crippen LogP contribution >= 0.6 is 0 Å². The average Bonchev–Trinajstić information content (AvgIpc) is 2.85. The van der Waals surface area contributed by atoms with Gasteiger partial charge in [-0.2, -0.15) is 5.26 Å². The van der Waals surface area contributed by atoms with E-state index >= 15 is 0 Å². The van der Waals surface area contributed by atoms with Gasteiger partial charge in [-0.1, -0.05) is 58.3 Å². The molecule has 0 radical (unpaired) electrons. The van der Waals surface area contributed by atoms with Crippen molar-refractivity contribution in [2.24, 2.45) is 17.8 Å². The molecule has 0 heterocycles. The van der Waals surface area contributed by atoms with Crippen molar-refractivity contribution in [3.63, 3.8) is 0 Å². The van der Waals surface area contributed by atoms with Gasteiger partial charge in [-0.25, -0.2) is 4.85 Å². The quantitative estimate of drug-likeness (QED) is 0.323. The molecule has 0 spiro atoms. The van der Waals surface area contributed by atoms with Crippen molar-refractivity contribution in [1.82, 2.24) is 4.90 Å². The lowest BCUT2D eigenvalue weighted by Crippen LogP contribution is -2.52. The molecular weight excluding hydrogens is 390 g/mol. The molecule has 0 saturated heterocycles. The van der Waals surface area contributed by atoms with Crippen molar-refractivity contribution >= 4 is 0 Å². The van der Waals surface area contributed by atoms with E-state index in [1.54, 1.807) is 0 Å². The van der Waals surface area contributed by atoms with Crippen LogP contribution in [0.3, 0.4) is 0 Å². The maximum atomic E-state index is 10.1. The molecule has 0 unspecified atom stereocenters. The van der Waals surface area contributed by atoms with Gasteiger partial charge < -0.3 is 0 Å². The topological polar surface area (TPSA) is 31.4 Å². The van der Waals surface area contributed by atoms with Crippen molar-refractivity contribution < 1.29 is 0 Å². The first-order valence-corrected chi connectivity index (χ1v) is 14.0. The second-order valence-corrected chi connectivity index (χ2v) is 11.5. The molecule has 32 heavy (non-hydrogen) atoms. The standard InChI is InChI=1S/C29H45N3/c1-22-13-17-26(18-14-22)32(25-11-7-4-8-12-25)27-19-15-23(16-20-27)28(21-30)29(31-2)24-9-5-3-6-10-24/h22-27H,3-20H2,1H3/b29-28-. The fourth-order valence-electron chi connectivity index (χ4n) is 7.58. The third-order valence-electron chi connectivity index (χ3n) is 9.44. The summed E-state index contributed by atoms with van der Waals surface area (Å²) in [5.41, 5.74) is 1.72. The summed E-state index contributed by atoms with van der Waals surface area (Å²) < 4.78 is 0. The lowest BCUT2D eigenvalue weighted by Gasteiger charge is -2.49. The summed E-state index contributed by atoms with van der Waals surface area (Å²) in [6.45, 7) is 10.3. The van der Waals surface area contributed by atoms with Crippen molar-refractivity contribution in [3.05, 3.63) is 22.7 Å². The minimum atomic E-state index is 0.335. The number of nitrogens with zero attached hydrogens (tertiary/aromatic N) is 3. The van der Waals surface area contributed by atoms with Gasteiger partial charge in [0.1, 0.15) is 0 Å². The van der Waals surface area contributed by atoms with E-state index in [-0.39, 0.29) is 0 Å². The van der Waals surface area contributed by atoms with E-state index in [9.17, 15) is 5.26 Å². The molecular formula is C29H45N3. The first-order valence-electron chi connectivity index (χ1n) is 14.0. The van der Waals surface area contributed by atoms with Gasteiger partial charge >= 0.3 is 0 Å². The molecule has 0 aromatic carbocycles. The Balaban J connectivity index is 1.45. The Labute approximate surface area is 197 Å². The van der Waals surface area contributed by atoms with Crippen LogP contribution in [0.25, 0.3) is 4.85 Å². The highest BCUT2D eigenvalue weighted by molar-refractivity contribution is 5.36. The van der Waals surface area contributed by atoms with Gasteiger partial charge in [-0.3, -0.25) is 4.90 Å². The summed E-state index contributed by atoms with van der Waals surface area (Å²) in [5, 5.41) is 10.1. The maximum absolute atomic E-state index is 10.1. The molecule has 4 rings (SSSR count). The largest absolute Gasteiger partial charge is 0.294 e. The first kappa shape index (κ1) is 23.8. The van der Waals surface area contributed by atoms with Crippen molar-refractivity contribution in [2.45, 2.75) is 141 Å². The van der Waals surface area contributed by atoms with Crippen LogP contribution < -0.4 is 0 Å². The predicted molar refractivity (Wildman–Crippen MR) is 132 cm³/mol. The number of allylic oxidation sites excluding steroid dienone is 2. The highest BCUT2D eigenvalue weighted by atomic mass is 15.2. The van der Waals surface area contributed by atoms with E-state index in [1.807, 2.05) is 0 Å². The van der Waals surface area contributed by atoms with Gasteiger partial charge in [0.2, 0.25) is 0 Å². The molecule has 0 bridgehead atoms. The molecule has 3 heteroatoms. The molecule has 4 saturated carbocycles. The number of nitriles is 1. The fraction of sp³-hybridized carbons (Fsp3) is 0.862. The summed E-state index contributed by atoms with van der Waals surface area (Å²) in [6.07, 6.45) is 23.3. The van der Waals surface area contributed by atoms with E-state index in [2.05, 4.69) is 22.7 Å². The third kappa shape index (κ3) is 5.59. The summed E-state index contributed by atoms with van der Waals surface area (Å²) in [7, 11) is 0. The SMILES string of the molecule is [C-]#[N+]/C(=C(/C#N)C1CCC(N(C2CCCCC2)C2CCC(C)CC2)CC1)C1CCCCC1. The molecule has 0 atom stereocenters. The zero-order valence-electron chi connectivity index (χ0n) is 20.5. The third-order valence-corrected chi connectivity index (χ3v) is 9.44. The van der Waals surface area contributed by atoms with Crippen LogP contribution in [-0.2, 0) is 0 Å². The molecule has 0 N–H and O–H groups in total. The van der Waals surface area contributed by atoms with Crippen molar-refractivity contribution in [2.75, 3.05) is 0 Å². The monoisotopic (exact) mass is 435 g/mol. The van der Waals surface area contributed by atoms with Crippen LogP contribution in [0, 0.1) is 35.7 Å². The molecule has 3 nitrogen and oxygen atoms in total. The zero-order valence-corrected chi connectivity index (χ0v) is 20.5. The predicted octanol–water partition coefficient (Wildman–Crippen LogP) is 8.04. The Kier molecular flexibility index (Phi) is 8.71. The first-order chi connectivity index (χ1) is 15.7. The second-order valence-electron chi connectivity index (χ2n) is 11.5. The Hall–Kier alpha value is -1.32. The molecule has 176 valence electrons. The maximum Gasteiger partial charge on any atom is 0.182 e.